The fourth-order valence-electron chi connectivity index (χ4n) is 3.39. The van der Waals surface area contributed by atoms with Crippen LogP contribution in [0.5, 0.6) is 0 Å². The molecule has 4 amide bonds. The lowest BCUT2D eigenvalue weighted by atomic mass is 10.0. The summed E-state index contributed by atoms with van der Waals surface area (Å²) in [5, 5.41) is 17.3. The van der Waals surface area contributed by atoms with E-state index in [4.69, 9.17) is 11.5 Å². The molecule has 200 valence electrons. The van der Waals surface area contributed by atoms with Gasteiger partial charge in [0.25, 0.3) is 0 Å². The number of thioether (sulfide) groups is 1. The summed E-state index contributed by atoms with van der Waals surface area (Å²) in [7, 11) is 0. The van der Waals surface area contributed by atoms with Gasteiger partial charge in [0.15, 0.2) is 0 Å². The van der Waals surface area contributed by atoms with Gasteiger partial charge in [-0.1, -0.05) is 44.2 Å². The van der Waals surface area contributed by atoms with E-state index in [2.05, 4.69) is 16.0 Å². The topological polar surface area (TPSA) is 194 Å². The zero-order valence-electron chi connectivity index (χ0n) is 20.9. The number of carbonyl (C=O) groups excluding carboxylic acids is 4. The third kappa shape index (κ3) is 11.5. The Morgan fingerprint density at radius 2 is 1.47 bits per heavy atom. The molecule has 0 saturated heterocycles. The van der Waals surface area contributed by atoms with Crippen LogP contribution in [0.15, 0.2) is 30.3 Å². The van der Waals surface area contributed by atoms with Crippen molar-refractivity contribution in [3.05, 3.63) is 35.9 Å². The van der Waals surface area contributed by atoms with Crippen LogP contribution in [0, 0.1) is 5.92 Å². The summed E-state index contributed by atoms with van der Waals surface area (Å²) in [6.07, 6.45) is 2.05. The van der Waals surface area contributed by atoms with Crippen molar-refractivity contribution in [3.63, 3.8) is 0 Å². The van der Waals surface area contributed by atoms with Gasteiger partial charge in [-0.15, -0.1) is 0 Å². The maximum absolute atomic E-state index is 13.1. The third-order valence-corrected chi connectivity index (χ3v) is 5.88. The molecule has 0 aliphatic rings. The van der Waals surface area contributed by atoms with Crippen LogP contribution in [0.2, 0.25) is 0 Å². The zero-order chi connectivity index (χ0) is 27.3. The molecule has 0 bridgehead atoms. The number of amides is 4. The SMILES string of the molecule is CSCCC(NC(=O)C(CC(C)C)NC(=O)C(N)CC(N)=O)C(=O)NC(Cc1ccccc1)C(=O)O. The van der Waals surface area contributed by atoms with Gasteiger partial charge in [-0.2, -0.15) is 11.8 Å². The second kappa shape index (κ2) is 15.8. The first-order chi connectivity index (χ1) is 16.9. The van der Waals surface area contributed by atoms with Gasteiger partial charge in [-0.25, -0.2) is 4.79 Å². The maximum Gasteiger partial charge on any atom is 0.326 e. The van der Waals surface area contributed by atoms with E-state index in [1.165, 1.54) is 11.8 Å². The Kier molecular flexibility index (Phi) is 13.6. The number of carbonyl (C=O) groups is 5. The number of carboxylic acids is 1. The van der Waals surface area contributed by atoms with E-state index in [-0.39, 0.29) is 31.6 Å². The fraction of sp³-hybridized carbons (Fsp3) is 0.542. The molecule has 0 aliphatic heterocycles. The first-order valence-electron chi connectivity index (χ1n) is 11.6. The molecule has 4 unspecified atom stereocenters. The molecule has 12 heteroatoms. The Bertz CT molecular complexity index is 898. The Morgan fingerprint density at radius 1 is 0.917 bits per heavy atom. The van der Waals surface area contributed by atoms with E-state index >= 15 is 0 Å². The summed E-state index contributed by atoms with van der Waals surface area (Å²) in [4.78, 5) is 61.4. The number of hydrogen-bond acceptors (Lipinski definition) is 7. The average Bonchev–Trinajstić information content (AvgIpc) is 2.80. The van der Waals surface area contributed by atoms with Crippen LogP contribution in [0.25, 0.3) is 0 Å². The van der Waals surface area contributed by atoms with Gasteiger partial charge in [-0.05, 0) is 36.3 Å². The van der Waals surface area contributed by atoms with Crippen LogP contribution in [0.4, 0.5) is 0 Å². The van der Waals surface area contributed by atoms with Crippen molar-refractivity contribution in [2.24, 2.45) is 17.4 Å². The summed E-state index contributed by atoms with van der Waals surface area (Å²) in [6, 6.07) is 4.44. The van der Waals surface area contributed by atoms with Crippen molar-refractivity contribution < 1.29 is 29.1 Å². The van der Waals surface area contributed by atoms with Crippen LogP contribution in [-0.2, 0) is 30.4 Å². The molecule has 0 radical (unpaired) electrons. The monoisotopic (exact) mass is 523 g/mol. The lowest BCUT2D eigenvalue weighted by Crippen LogP contribution is -2.57. The molecule has 1 aromatic carbocycles. The van der Waals surface area contributed by atoms with Crippen LogP contribution >= 0.6 is 11.8 Å². The Balaban J connectivity index is 2.98. The Hall–Kier alpha value is -3.12. The molecule has 0 spiro atoms. The molecule has 8 N–H and O–H groups in total. The van der Waals surface area contributed by atoms with Crippen molar-refractivity contribution in [1.82, 2.24) is 16.0 Å². The highest BCUT2D eigenvalue weighted by Crippen LogP contribution is 2.09. The maximum atomic E-state index is 13.1. The smallest absolute Gasteiger partial charge is 0.326 e. The molecular formula is C24H37N5O6S. The van der Waals surface area contributed by atoms with E-state index in [1.54, 1.807) is 30.3 Å². The molecule has 36 heavy (non-hydrogen) atoms. The van der Waals surface area contributed by atoms with Crippen molar-refractivity contribution >= 4 is 41.4 Å². The largest absolute Gasteiger partial charge is 0.480 e. The number of nitrogens with two attached hydrogens (primary N) is 2. The van der Waals surface area contributed by atoms with Crippen LogP contribution < -0.4 is 27.4 Å². The number of aliphatic carboxylic acids is 1. The molecule has 1 rings (SSSR count). The minimum absolute atomic E-state index is 0.00847. The minimum Gasteiger partial charge on any atom is -0.480 e. The van der Waals surface area contributed by atoms with Crippen LogP contribution in [0.1, 0.15) is 38.7 Å². The van der Waals surface area contributed by atoms with Gasteiger partial charge in [0.05, 0.1) is 12.5 Å². The van der Waals surface area contributed by atoms with Gasteiger partial charge in [0.1, 0.15) is 18.1 Å². The first-order valence-corrected chi connectivity index (χ1v) is 13.0. The van der Waals surface area contributed by atoms with E-state index in [0.29, 0.717) is 5.75 Å². The van der Waals surface area contributed by atoms with E-state index in [0.717, 1.165) is 5.56 Å². The van der Waals surface area contributed by atoms with Gasteiger partial charge >= 0.3 is 5.97 Å². The molecule has 0 fully saturated rings. The molecule has 4 atom stereocenters. The van der Waals surface area contributed by atoms with Gasteiger partial charge in [0.2, 0.25) is 23.6 Å². The van der Waals surface area contributed by atoms with E-state index < -0.39 is 53.8 Å². The predicted molar refractivity (Wildman–Crippen MR) is 138 cm³/mol. The van der Waals surface area contributed by atoms with Crippen molar-refractivity contribution in [3.8, 4) is 0 Å². The number of carboxylic acid groups (broad SMARTS) is 1. The number of hydrogen-bond donors (Lipinski definition) is 6. The van der Waals surface area contributed by atoms with Crippen molar-refractivity contribution in [2.75, 3.05) is 12.0 Å². The van der Waals surface area contributed by atoms with E-state index in [1.807, 2.05) is 20.1 Å². The second-order valence-corrected chi connectivity index (χ2v) is 9.89. The van der Waals surface area contributed by atoms with Gasteiger partial charge in [0, 0.05) is 6.42 Å². The standard InChI is InChI=1S/C24H37N5O6S/c1-14(2)11-18(28-21(31)16(25)13-20(26)30)23(33)27-17(9-10-36-3)22(32)29-19(24(34)35)12-15-7-5-4-6-8-15/h4-8,14,16-19H,9-13,25H2,1-3H3,(H2,26,30)(H,27,33)(H,28,31)(H,29,32)(H,34,35). The molecule has 0 heterocycles. The van der Waals surface area contributed by atoms with Crippen LogP contribution in [0.3, 0.4) is 0 Å². The van der Waals surface area contributed by atoms with E-state index in [9.17, 15) is 29.1 Å². The quantitative estimate of drug-likeness (QED) is 0.171. The normalized spacial score (nSPS) is 14.2. The Morgan fingerprint density at radius 3 is 2.00 bits per heavy atom. The highest BCUT2D eigenvalue weighted by atomic mass is 32.2. The summed E-state index contributed by atoms with van der Waals surface area (Å²) in [6.45, 7) is 3.71. The lowest BCUT2D eigenvalue weighted by molar-refractivity contribution is -0.142. The van der Waals surface area contributed by atoms with Gasteiger partial charge in [-0.3, -0.25) is 19.2 Å². The number of rotatable bonds is 16. The van der Waals surface area contributed by atoms with Crippen molar-refractivity contribution in [2.45, 2.75) is 63.7 Å². The predicted octanol–water partition coefficient (Wildman–Crippen LogP) is -0.230. The summed E-state index contributed by atoms with van der Waals surface area (Å²) < 4.78 is 0. The summed E-state index contributed by atoms with van der Waals surface area (Å²) >= 11 is 1.46. The van der Waals surface area contributed by atoms with Gasteiger partial charge < -0.3 is 32.5 Å². The average molecular weight is 524 g/mol. The van der Waals surface area contributed by atoms with Crippen LogP contribution in [-0.4, -0.2) is 70.9 Å². The fourth-order valence-corrected chi connectivity index (χ4v) is 3.86. The number of nitrogens with one attached hydrogen (secondary N) is 3. The minimum atomic E-state index is -1.21. The lowest BCUT2D eigenvalue weighted by Gasteiger charge is -2.26. The highest BCUT2D eigenvalue weighted by Gasteiger charge is 2.30. The summed E-state index contributed by atoms with van der Waals surface area (Å²) in [5.41, 5.74) is 11.5. The molecular weight excluding hydrogens is 486 g/mol. The molecule has 0 saturated carbocycles. The summed E-state index contributed by atoms with van der Waals surface area (Å²) in [5.74, 6) is -3.38. The molecule has 11 nitrogen and oxygen atoms in total. The number of benzene rings is 1. The number of primary amides is 1. The molecule has 0 aliphatic carbocycles. The molecule has 0 aromatic heterocycles. The van der Waals surface area contributed by atoms with Crippen molar-refractivity contribution in [1.29, 1.82) is 0 Å². The second-order valence-electron chi connectivity index (χ2n) is 8.90. The first kappa shape index (κ1) is 30.9. The molecule has 1 aromatic rings. The zero-order valence-corrected chi connectivity index (χ0v) is 21.7. The third-order valence-electron chi connectivity index (χ3n) is 5.24. The highest BCUT2D eigenvalue weighted by molar-refractivity contribution is 7.98. The Labute approximate surface area is 215 Å².